The molecule has 3 aromatic rings. The Labute approximate surface area is 224 Å². The van der Waals surface area contributed by atoms with Gasteiger partial charge in [0.2, 0.25) is 11.8 Å². The number of carbonyl (C=O) groups excluding carboxylic acids is 2. The molecule has 0 fully saturated rings. The predicted octanol–water partition coefficient (Wildman–Crippen LogP) is 6.69. The summed E-state index contributed by atoms with van der Waals surface area (Å²) in [5.74, 6) is 0.482. The smallest absolute Gasteiger partial charge is 0.243 e. The highest BCUT2D eigenvalue weighted by Gasteiger charge is 2.30. The minimum atomic E-state index is -0.617. The van der Waals surface area contributed by atoms with Gasteiger partial charge in [-0.3, -0.25) is 9.59 Å². The molecule has 0 spiro atoms. The first-order valence-electron chi connectivity index (χ1n) is 12.4. The molecule has 0 heterocycles. The molecule has 0 unspecified atom stereocenters. The summed E-state index contributed by atoms with van der Waals surface area (Å²) < 4.78 is 0. The van der Waals surface area contributed by atoms with Crippen LogP contribution in [-0.4, -0.2) is 34.6 Å². The summed E-state index contributed by atoms with van der Waals surface area (Å²) in [5.41, 5.74) is 3.17. The fraction of sp³-hybridized carbons (Fsp3) is 0.333. The number of rotatable bonds is 12. The van der Waals surface area contributed by atoms with Crippen LogP contribution >= 0.6 is 23.4 Å². The summed E-state index contributed by atoms with van der Waals surface area (Å²) >= 11 is 7.75. The van der Waals surface area contributed by atoms with Gasteiger partial charge in [0.25, 0.3) is 0 Å². The molecule has 0 aliphatic heterocycles. The third-order valence-electron chi connectivity index (χ3n) is 6.14. The Balaban J connectivity index is 1.84. The van der Waals surface area contributed by atoms with Crippen LogP contribution in [-0.2, 0) is 22.6 Å². The van der Waals surface area contributed by atoms with Crippen molar-refractivity contribution in [2.75, 3.05) is 5.75 Å². The highest BCUT2D eigenvalue weighted by atomic mass is 35.5. The van der Waals surface area contributed by atoms with Crippen LogP contribution in [0.4, 0.5) is 0 Å². The minimum Gasteiger partial charge on any atom is -0.352 e. The molecule has 6 heteroatoms. The van der Waals surface area contributed by atoms with Gasteiger partial charge in [-0.05, 0) is 55.7 Å². The number of nitrogens with zero attached hydrogens (tertiary/aromatic N) is 1. The second kappa shape index (κ2) is 14.1. The SMILES string of the molecule is CC[C@@H](C)NC(=O)[C@H](Cc1ccccc1)N(Cc1ccc(Cl)cc1)C(=O)CCSc1ccc(C)cc1. The normalized spacial score (nSPS) is 12.6. The van der Waals surface area contributed by atoms with E-state index in [1.807, 2.05) is 68.4 Å². The Kier molecular flexibility index (Phi) is 10.9. The maximum absolute atomic E-state index is 13.7. The van der Waals surface area contributed by atoms with Gasteiger partial charge in [-0.1, -0.05) is 78.7 Å². The molecule has 0 aromatic heterocycles. The first-order chi connectivity index (χ1) is 17.4. The highest BCUT2D eigenvalue weighted by Crippen LogP contribution is 2.22. The van der Waals surface area contributed by atoms with Gasteiger partial charge >= 0.3 is 0 Å². The summed E-state index contributed by atoms with van der Waals surface area (Å²) in [6.07, 6.45) is 1.61. The molecular formula is C30H35ClN2O2S. The van der Waals surface area contributed by atoms with Crippen LogP contribution in [0.1, 0.15) is 43.4 Å². The zero-order valence-electron chi connectivity index (χ0n) is 21.2. The summed E-state index contributed by atoms with van der Waals surface area (Å²) in [5, 5.41) is 3.75. The number of thioether (sulfide) groups is 1. The third kappa shape index (κ3) is 8.72. The first-order valence-corrected chi connectivity index (χ1v) is 13.8. The lowest BCUT2D eigenvalue weighted by Gasteiger charge is -2.32. The molecule has 36 heavy (non-hydrogen) atoms. The molecule has 3 rings (SSSR count). The van der Waals surface area contributed by atoms with Crippen LogP contribution < -0.4 is 5.32 Å². The van der Waals surface area contributed by atoms with Gasteiger partial charge in [0.15, 0.2) is 0 Å². The molecule has 3 aromatic carbocycles. The molecule has 0 aliphatic carbocycles. The van der Waals surface area contributed by atoms with Crippen molar-refractivity contribution in [3.63, 3.8) is 0 Å². The van der Waals surface area contributed by atoms with E-state index in [1.54, 1.807) is 16.7 Å². The van der Waals surface area contributed by atoms with Crippen molar-refractivity contribution in [2.24, 2.45) is 0 Å². The van der Waals surface area contributed by atoms with Crippen molar-refractivity contribution in [1.29, 1.82) is 0 Å². The zero-order chi connectivity index (χ0) is 25.9. The lowest BCUT2D eigenvalue weighted by molar-refractivity contribution is -0.141. The van der Waals surface area contributed by atoms with Gasteiger partial charge in [-0.15, -0.1) is 11.8 Å². The molecule has 2 amide bonds. The summed E-state index contributed by atoms with van der Waals surface area (Å²) in [4.78, 5) is 30.0. The van der Waals surface area contributed by atoms with E-state index >= 15 is 0 Å². The molecule has 0 aliphatic rings. The van der Waals surface area contributed by atoms with Crippen LogP contribution in [0, 0.1) is 6.92 Å². The first kappa shape index (κ1) is 27.8. The van der Waals surface area contributed by atoms with Crippen LogP contribution in [0.2, 0.25) is 5.02 Å². The number of halogens is 1. The van der Waals surface area contributed by atoms with Gasteiger partial charge in [0, 0.05) is 41.1 Å². The van der Waals surface area contributed by atoms with E-state index in [2.05, 4.69) is 36.5 Å². The molecule has 0 saturated heterocycles. The van der Waals surface area contributed by atoms with E-state index in [1.165, 1.54) is 5.56 Å². The largest absolute Gasteiger partial charge is 0.352 e. The Hall–Kier alpha value is -2.76. The lowest BCUT2D eigenvalue weighted by Crippen LogP contribution is -2.52. The van der Waals surface area contributed by atoms with Crippen LogP contribution in [0.3, 0.4) is 0 Å². The number of carbonyl (C=O) groups is 2. The maximum atomic E-state index is 13.7. The fourth-order valence-electron chi connectivity index (χ4n) is 3.82. The minimum absolute atomic E-state index is 0.0281. The monoisotopic (exact) mass is 522 g/mol. The summed E-state index contributed by atoms with van der Waals surface area (Å²) in [6.45, 7) is 6.43. The van der Waals surface area contributed by atoms with Gasteiger partial charge in [-0.25, -0.2) is 0 Å². The van der Waals surface area contributed by atoms with E-state index < -0.39 is 6.04 Å². The van der Waals surface area contributed by atoms with Crippen LogP contribution in [0.5, 0.6) is 0 Å². The van der Waals surface area contributed by atoms with Gasteiger partial charge in [0.1, 0.15) is 6.04 Å². The van der Waals surface area contributed by atoms with Crippen molar-refractivity contribution in [2.45, 2.75) is 63.6 Å². The van der Waals surface area contributed by atoms with E-state index in [0.29, 0.717) is 30.2 Å². The molecule has 0 bridgehead atoms. The highest BCUT2D eigenvalue weighted by molar-refractivity contribution is 7.99. The Morgan fingerprint density at radius 3 is 2.25 bits per heavy atom. The average molecular weight is 523 g/mol. The van der Waals surface area contributed by atoms with E-state index in [0.717, 1.165) is 22.4 Å². The van der Waals surface area contributed by atoms with Crippen molar-refractivity contribution in [1.82, 2.24) is 10.2 Å². The molecule has 0 saturated carbocycles. The second-order valence-electron chi connectivity index (χ2n) is 9.08. The predicted molar refractivity (Wildman–Crippen MR) is 150 cm³/mol. The summed E-state index contributed by atoms with van der Waals surface area (Å²) in [6, 6.07) is 25.1. The van der Waals surface area contributed by atoms with Crippen molar-refractivity contribution >= 4 is 35.2 Å². The molecule has 0 radical (unpaired) electrons. The Bertz CT molecular complexity index is 1100. The molecule has 1 N–H and O–H groups in total. The fourth-order valence-corrected chi connectivity index (χ4v) is 4.78. The summed E-state index contributed by atoms with van der Waals surface area (Å²) in [7, 11) is 0. The van der Waals surface area contributed by atoms with Gasteiger partial charge in [-0.2, -0.15) is 0 Å². The Morgan fingerprint density at radius 1 is 0.944 bits per heavy atom. The number of amides is 2. The molecule has 190 valence electrons. The quantitative estimate of drug-likeness (QED) is 0.270. The van der Waals surface area contributed by atoms with E-state index in [-0.39, 0.29) is 17.9 Å². The lowest BCUT2D eigenvalue weighted by atomic mass is 10.0. The van der Waals surface area contributed by atoms with Crippen molar-refractivity contribution in [3.8, 4) is 0 Å². The van der Waals surface area contributed by atoms with Crippen molar-refractivity contribution < 1.29 is 9.59 Å². The number of hydrogen-bond donors (Lipinski definition) is 1. The third-order valence-corrected chi connectivity index (χ3v) is 7.41. The van der Waals surface area contributed by atoms with Crippen LogP contribution in [0.25, 0.3) is 0 Å². The number of aryl methyl sites for hydroxylation is 1. The van der Waals surface area contributed by atoms with Crippen LogP contribution in [0.15, 0.2) is 83.8 Å². The van der Waals surface area contributed by atoms with E-state index in [4.69, 9.17) is 11.6 Å². The van der Waals surface area contributed by atoms with Crippen molar-refractivity contribution in [3.05, 3.63) is 101 Å². The number of nitrogens with one attached hydrogen (secondary N) is 1. The van der Waals surface area contributed by atoms with Gasteiger partial charge in [0.05, 0.1) is 0 Å². The standard InChI is InChI=1S/C30H35ClN2O2S/c1-4-23(3)32-30(35)28(20-24-8-6-5-7-9-24)33(21-25-12-14-26(31)15-13-25)29(34)18-19-36-27-16-10-22(2)11-17-27/h5-17,23,28H,4,18-21H2,1-3H3,(H,32,35)/t23-,28+/m1/s1. The van der Waals surface area contributed by atoms with E-state index in [9.17, 15) is 9.59 Å². The zero-order valence-corrected chi connectivity index (χ0v) is 22.8. The molecular weight excluding hydrogens is 488 g/mol. The maximum Gasteiger partial charge on any atom is 0.243 e. The number of hydrogen-bond acceptors (Lipinski definition) is 3. The topological polar surface area (TPSA) is 49.4 Å². The second-order valence-corrected chi connectivity index (χ2v) is 10.7. The number of benzene rings is 3. The molecule has 2 atom stereocenters. The van der Waals surface area contributed by atoms with Gasteiger partial charge < -0.3 is 10.2 Å². The average Bonchev–Trinajstić information content (AvgIpc) is 2.88. The molecule has 4 nitrogen and oxygen atoms in total. The Morgan fingerprint density at radius 2 is 1.61 bits per heavy atom.